The van der Waals surface area contributed by atoms with Gasteiger partial charge in [0, 0.05) is 32.8 Å². The van der Waals surface area contributed by atoms with Crippen LogP contribution in [0, 0.1) is 0 Å². The molecule has 27 heavy (non-hydrogen) atoms. The number of nitrogens with one attached hydrogen (secondary N) is 3. The largest absolute Gasteiger partial charge is 0.484 e. The molecule has 0 saturated heterocycles. The van der Waals surface area contributed by atoms with Crippen molar-refractivity contribution in [2.45, 2.75) is 32.2 Å². The van der Waals surface area contributed by atoms with Crippen LogP contribution in [0.2, 0.25) is 0 Å². The highest BCUT2D eigenvalue weighted by Crippen LogP contribution is 2.18. The monoisotopic (exact) mass is 490 g/mol. The highest BCUT2D eigenvalue weighted by Gasteiger charge is 2.23. The summed E-state index contributed by atoms with van der Waals surface area (Å²) >= 11 is 0. The quantitative estimate of drug-likeness (QED) is 0.191. The zero-order valence-corrected chi connectivity index (χ0v) is 18.5. The van der Waals surface area contributed by atoms with Crippen molar-refractivity contribution in [3.8, 4) is 5.75 Å². The number of benzene rings is 1. The first-order valence-electron chi connectivity index (χ1n) is 9.24. The first-order valence-corrected chi connectivity index (χ1v) is 9.24. The van der Waals surface area contributed by atoms with Gasteiger partial charge in [0.2, 0.25) is 0 Å². The first kappa shape index (κ1) is 23.5. The lowest BCUT2D eigenvalue weighted by atomic mass is 10.1. The molecule has 2 rings (SSSR count). The summed E-state index contributed by atoms with van der Waals surface area (Å²) in [5.74, 6) is 1.43. The van der Waals surface area contributed by atoms with Gasteiger partial charge in [0.05, 0.1) is 6.61 Å². The second kappa shape index (κ2) is 13.6. The Kier molecular flexibility index (Phi) is 11.8. The molecule has 0 unspecified atom stereocenters. The molecule has 8 heteroatoms. The van der Waals surface area contributed by atoms with Gasteiger partial charge in [-0.05, 0) is 43.9 Å². The van der Waals surface area contributed by atoms with Crippen LogP contribution in [0.3, 0.4) is 0 Å². The van der Waals surface area contributed by atoms with E-state index in [0.29, 0.717) is 18.4 Å². The van der Waals surface area contributed by atoms with Crippen molar-refractivity contribution in [2.75, 3.05) is 40.0 Å². The van der Waals surface area contributed by atoms with Gasteiger partial charge in [0.25, 0.3) is 5.91 Å². The Balaban J connectivity index is 0.00000364. The van der Waals surface area contributed by atoms with Crippen LogP contribution in [0.4, 0.5) is 0 Å². The number of aliphatic imine (C=N–C) groups is 1. The van der Waals surface area contributed by atoms with Crippen molar-refractivity contribution in [1.82, 2.24) is 16.0 Å². The summed E-state index contributed by atoms with van der Waals surface area (Å²) in [5, 5.41) is 9.38. The second-order valence-electron chi connectivity index (χ2n) is 6.15. The molecule has 0 radical (unpaired) electrons. The van der Waals surface area contributed by atoms with Gasteiger partial charge in [-0.2, -0.15) is 0 Å². The number of hydrogen-bond donors (Lipinski definition) is 3. The number of halogens is 1. The van der Waals surface area contributed by atoms with E-state index >= 15 is 0 Å². The van der Waals surface area contributed by atoms with Crippen LogP contribution >= 0.6 is 24.0 Å². The predicted molar refractivity (Wildman–Crippen MR) is 118 cm³/mol. The zero-order chi connectivity index (χ0) is 18.6. The van der Waals surface area contributed by atoms with E-state index in [1.807, 2.05) is 31.2 Å². The lowest BCUT2D eigenvalue weighted by Gasteiger charge is -2.12. The van der Waals surface area contributed by atoms with Gasteiger partial charge in [0.1, 0.15) is 5.75 Å². The molecule has 0 bridgehead atoms. The van der Waals surface area contributed by atoms with Gasteiger partial charge in [-0.1, -0.05) is 12.1 Å². The zero-order valence-electron chi connectivity index (χ0n) is 16.1. The fourth-order valence-electron chi connectivity index (χ4n) is 2.33. The molecule has 3 N–H and O–H groups in total. The fraction of sp³-hybridized carbons (Fsp3) is 0.579. The van der Waals surface area contributed by atoms with Crippen molar-refractivity contribution >= 4 is 35.8 Å². The van der Waals surface area contributed by atoms with E-state index in [9.17, 15) is 4.79 Å². The van der Waals surface area contributed by atoms with Gasteiger partial charge >= 0.3 is 0 Å². The van der Waals surface area contributed by atoms with E-state index in [1.165, 1.54) is 5.56 Å². The van der Waals surface area contributed by atoms with Crippen molar-refractivity contribution in [1.29, 1.82) is 0 Å². The standard InChI is InChI=1S/C19H30N4O3.HI/c1-3-25-13-12-22-19(20-2)21-11-10-15-4-8-17(9-5-15)26-14-18(24)23-16-6-7-16;/h4-5,8-9,16H,3,6-7,10-14H2,1-2H3,(H,23,24)(H2,20,21,22);1H. The summed E-state index contributed by atoms with van der Waals surface area (Å²) in [4.78, 5) is 15.8. The number of ether oxygens (including phenoxy) is 2. The van der Waals surface area contributed by atoms with E-state index < -0.39 is 0 Å². The maximum Gasteiger partial charge on any atom is 0.258 e. The number of carbonyl (C=O) groups is 1. The minimum atomic E-state index is -0.0519. The van der Waals surface area contributed by atoms with Crippen LogP contribution in [0.5, 0.6) is 5.75 Å². The average molecular weight is 490 g/mol. The van der Waals surface area contributed by atoms with Gasteiger partial charge in [-0.15, -0.1) is 24.0 Å². The third kappa shape index (κ3) is 10.4. The number of hydrogen-bond acceptors (Lipinski definition) is 4. The van der Waals surface area contributed by atoms with E-state index in [4.69, 9.17) is 9.47 Å². The summed E-state index contributed by atoms with van der Waals surface area (Å²) in [5.41, 5.74) is 1.19. The van der Waals surface area contributed by atoms with Crippen LogP contribution in [0.25, 0.3) is 0 Å². The molecular weight excluding hydrogens is 459 g/mol. The molecule has 0 heterocycles. The maximum atomic E-state index is 11.6. The normalized spacial score (nSPS) is 13.5. The Morgan fingerprint density at radius 2 is 1.89 bits per heavy atom. The molecule has 0 aromatic heterocycles. The summed E-state index contributed by atoms with van der Waals surface area (Å²) in [6.07, 6.45) is 3.04. The van der Waals surface area contributed by atoms with Gasteiger partial charge in [0.15, 0.2) is 12.6 Å². The topological polar surface area (TPSA) is 84.0 Å². The molecular formula is C19H31IN4O3. The highest BCUT2D eigenvalue weighted by molar-refractivity contribution is 14.0. The molecule has 1 amide bonds. The van der Waals surface area contributed by atoms with E-state index in [2.05, 4.69) is 20.9 Å². The molecule has 1 aliphatic rings. The smallest absolute Gasteiger partial charge is 0.258 e. The number of carbonyl (C=O) groups excluding carboxylic acids is 1. The molecule has 1 fully saturated rings. The molecule has 0 aliphatic heterocycles. The number of nitrogens with zero attached hydrogens (tertiary/aromatic N) is 1. The maximum absolute atomic E-state index is 11.6. The lowest BCUT2D eigenvalue weighted by molar-refractivity contribution is -0.123. The second-order valence-corrected chi connectivity index (χ2v) is 6.15. The lowest BCUT2D eigenvalue weighted by Crippen LogP contribution is -2.39. The predicted octanol–water partition coefficient (Wildman–Crippen LogP) is 1.71. The SMILES string of the molecule is CCOCCNC(=NC)NCCc1ccc(OCC(=O)NC2CC2)cc1.I. The number of rotatable bonds is 11. The van der Waals surface area contributed by atoms with Crippen molar-refractivity contribution in [2.24, 2.45) is 4.99 Å². The Morgan fingerprint density at radius 3 is 2.52 bits per heavy atom. The third-order valence-corrected chi connectivity index (χ3v) is 3.91. The Labute approximate surface area is 178 Å². The van der Waals surface area contributed by atoms with Crippen molar-refractivity contribution < 1.29 is 14.3 Å². The summed E-state index contributed by atoms with van der Waals surface area (Å²) < 4.78 is 10.8. The summed E-state index contributed by atoms with van der Waals surface area (Å²) in [7, 11) is 1.75. The molecule has 1 aliphatic carbocycles. The Morgan fingerprint density at radius 1 is 1.19 bits per heavy atom. The minimum absolute atomic E-state index is 0. The Hall–Kier alpha value is -1.55. The summed E-state index contributed by atoms with van der Waals surface area (Å²) in [6, 6.07) is 8.19. The first-order chi connectivity index (χ1) is 12.7. The summed E-state index contributed by atoms with van der Waals surface area (Å²) in [6.45, 7) is 4.94. The average Bonchev–Trinajstić information content (AvgIpc) is 3.47. The number of amides is 1. The van der Waals surface area contributed by atoms with Crippen molar-refractivity contribution in [3.05, 3.63) is 29.8 Å². The highest BCUT2D eigenvalue weighted by atomic mass is 127. The van der Waals surface area contributed by atoms with Crippen LogP contribution in [0.15, 0.2) is 29.3 Å². The molecule has 1 saturated carbocycles. The fourth-order valence-corrected chi connectivity index (χ4v) is 2.33. The van der Waals surface area contributed by atoms with Crippen LogP contribution < -0.4 is 20.7 Å². The molecule has 0 atom stereocenters. The van der Waals surface area contributed by atoms with Crippen LogP contribution in [0.1, 0.15) is 25.3 Å². The molecule has 0 spiro atoms. The molecule has 1 aromatic rings. The van der Waals surface area contributed by atoms with Crippen LogP contribution in [-0.4, -0.2) is 57.9 Å². The van der Waals surface area contributed by atoms with E-state index in [0.717, 1.165) is 44.9 Å². The van der Waals surface area contributed by atoms with E-state index in [1.54, 1.807) is 7.05 Å². The van der Waals surface area contributed by atoms with Gasteiger partial charge < -0.3 is 25.4 Å². The van der Waals surface area contributed by atoms with Crippen molar-refractivity contribution in [3.63, 3.8) is 0 Å². The minimum Gasteiger partial charge on any atom is -0.484 e. The Bertz CT molecular complexity index is 577. The van der Waals surface area contributed by atoms with Crippen LogP contribution in [-0.2, 0) is 16.0 Å². The van der Waals surface area contributed by atoms with Gasteiger partial charge in [-0.3, -0.25) is 9.79 Å². The van der Waals surface area contributed by atoms with E-state index in [-0.39, 0.29) is 36.5 Å². The molecule has 1 aromatic carbocycles. The molecule has 152 valence electrons. The third-order valence-electron chi connectivity index (χ3n) is 3.91. The number of guanidine groups is 1. The van der Waals surface area contributed by atoms with Gasteiger partial charge in [-0.25, -0.2) is 0 Å². The molecule has 7 nitrogen and oxygen atoms in total.